The normalized spacial score (nSPS) is 27.1. The van der Waals surface area contributed by atoms with Gasteiger partial charge in [-0.05, 0) is 104 Å². The molecule has 67 heavy (non-hydrogen) atoms. The minimum atomic E-state index is -4.96. The Morgan fingerprint density at radius 3 is 2.42 bits per heavy atom. The molecular weight excluding hydrogens is 918 g/mol. The number of allylic oxidation sites excluding steroid dienone is 1. The van der Waals surface area contributed by atoms with Gasteiger partial charge in [0.05, 0.1) is 51.4 Å². The highest BCUT2D eigenvalue weighted by atomic mass is 32.2. The number of sulfonamides is 1. The fourth-order valence-electron chi connectivity index (χ4n) is 8.11. The molecule has 2 aromatic heterocycles. The first-order chi connectivity index (χ1) is 31.4. The van der Waals surface area contributed by atoms with E-state index in [4.69, 9.17) is 23.9 Å². The average molecular weight is 975 g/mol. The number of pyridine rings is 1. The second-order valence-corrected chi connectivity index (χ2v) is 21.8. The molecule has 2 aliphatic heterocycles. The van der Waals surface area contributed by atoms with E-state index in [-0.39, 0.29) is 31.9 Å². The van der Waals surface area contributed by atoms with Crippen LogP contribution in [0.3, 0.4) is 0 Å². The lowest BCUT2D eigenvalue weighted by Gasteiger charge is -2.35. The summed E-state index contributed by atoms with van der Waals surface area (Å²) < 4.78 is 93.0. The van der Waals surface area contributed by atoms with Crippen LogP contribution in [0, 0.1) is 5.92 Å². The molecule has 7 atom stereocenters. The van der Waals surface area contributed by atoms with E-state index in [0.29, 0.717) is 62.4 Å². The molecule has 3 aromatic rings. The molecule has 3 N–H and O–H groups in total. The standard InChI is InChI=1S/C46H57F3N6O10S2/c1-8-36-38(52-42(59)65-43(5,6)46(47,48)49)40(57)55-24-32(64-31-19-33(51-34(20-31)37-23-50-25-66-37)28-13-15-30(16-14-28)62-26(2)3)21-35(55)39(56)53-45(22-29(45)12-10-9-11-27(4)63-36)41(58)54-67(60,61)44(7)17-18-44/h10,12-16,19-20,23,25-27,29,32,35-36,38H,8-9,11,17-18,21-22,24H2,1-7H3,(H,52,59)(H,53,56)(H,54,58)/b12-10-/t27-,29-,32-,35+,36+,38+,45-/m1/s1. The van der Waals surface area contributed by atoms with Crippen molar-refractivity contribution in [3.05, 3.63) is 60.3 Å². The molecule has 364 valence electrons. The molecule has 4 amide bonds. The first kappa shape index (κ1) is 49.6. The van der Waals surface area contributed by atoms with Crippen molar-refractivity contribution in [1.82, 2.24) is 30.2 Å². The Balaban J connectivity index is 1.25. The Morgan fingerprint density at radius 2 is 1.79 bits per heavy atom. The summed E-state index contributed by atoms with van der Waals surface area (Å²) in [7, 11) is -4.12. The van der Waals surface area contributed by atoms with E-state index in [9.17, 15) is 36.0 Å². The van der Waals surface area contributed by atoms with Crippen molar-refractivity contribution >= 4 is 45.2 Å². The van der Waals surface area contributed by atoms with Gasteiger partial charge in [0.15, 0.2) is 0 Å². The van der Waals surface area contributed by atoms with E-state index < -0.39 is 92.2 Å². The maximum Gasteiger partial charge on any atom is 0.427 e. The van der Waals surface area contributed by atoms with Crippen molar-refractivity contribution in [3.8, 4) is 33.3 Å². The Bertz CT molecular complexity index is 2460. The zero-order chi connectivity index (χ0) is 48.7. The van der Waals surface area contributed by atoms with Gasteiger partial charge in [0.25, 0.3) is 5.91 Å². The molecule has 0 bridgehead atoms. The number of alkyl carbamates (subject to hydrolysis) is 1. The van der Waals surface area contributed by atoms with Crippen molar-refractivity contribution < 1.29 is 59.7 Å². The van der Waals surface area contributed by atoms with Gasteiger partial charge >= 0.3 is 12.3 Å². The van der Waals surface area contributed by atoms with Gasteiger partial charge in [0.2, 0.25) is 27.4 Å². The summed E-state index contributed by atoms with van der Waals surface area (Å²) in [6.07, 6.45) is -2.41. The molecule has 0 unspecified atom stereocenters. The summed E-state index contributed by atoms with van der Waals surface area (Å²) >= 11 is 1.35. The summed E-state index contributed by atoms with van der Waals surface area (Å²) in [5.41, 5.74) is -1.21. The number of alkyl halides is 3. The van der Waals surface area contributed by atoms with Crippen LogP contribution in [0.1, 0.15) is 93.4 Å². The number of ether oxygens (including phenoxy) is 4. The van der Waals surface area contributed by atoms with Crippen LogP contribution in [0.25, 0.3) is 21.8 Å². The first-order valence-electron chi connectivity index (χ1n) is 22.4. The van der Waals surface area contributed by atoms with Gasteiger partial charge in [-0.3, -0.25) is 24.1 Å². The number of carbonyl (C=O) groups excluding carboxylic acids is 4. The van der Waals surface area contributed by atoms with Gasteiger partial charge in [0, 0.05) is 36.2 Å². The predicted molar refractivity (Wildman–Crippen MR) is 241 cm³/mol. The zero-order valence-electron chi connectivity index (χ0n) is 38.3. The number of carbonyl (C=O) groups is 4. The number of nitrogens with zero attached hydrogens (tertiary/aromatic N) is 3. The minimum Gasteiger partial charge on any atom is -0.491 e. The predicted octanol–water partition coefficient (Wildman–Crippen LogP) is 6.85. The third-order valence-electron chi connectivity index (χ3n) is 12.6. The molecule has 4 aliphatic rings. The number of amides is 4. The second-order valence-electron chi connectivity index (χ2n) is 18.7. The topological polar surface area (TPSA) is 204 Å². The van der Waals surface area contributed by atoms with E-state index in [1.54, 1.807) is 49.8 Å². The lowest BCUT2D eigenvalue weighted by atomic mass is 10.0. The van der Waals surface area contributed by atoms with Crippen LogP contribution in [0.15, 0.2) is 60.3 Å². The highest BCUT2D eigenvalue weighted by molar-refractivity contribution is 7.91. The van der Waals surface area contributed by atoms with E-state index >= 15 is 4.79 Å². The summed E-state index contributed by atoms with van der Waals surface area (Å²) in [4.78, 5) is 68.2. The lowest BCUT2D eigenvalue weighted by Crippen LogP contribution is -2.61. The van der Waals surface area contributed by atoms with Gasteiger partial charge in [-0.25, -0.2) is 18.2 Å². The molecule has 7 rings (SSSR count). The molecule has 2 saturated carbocycles. The molecular formula is C46H57F3N6O10S2. The molecule has 21 heteroatoms. The number of aromatic nitrogens is 2. The Kier molecular flexibility index (Phi) is 14.1. The van der Waals surface area contributed by atoms with Crippen molar-refractivity contribution in [2.45, 2.75) is 152 Å². The van der Waals surface area contributed by atoms with E-state index in [2.05, 4.69) is 20.3 Å². The highest BCUT2D eigenvalue weighted by Gasteiger charge is 2.63. The maximum atomic E-state index is 15.1. The SMILES string of the molecule is CC[C@@H]1O[C@H](C)CC/C=C\[C@@H]2C[C@@]2(C(=O)NS(=O)(=O)C2(C)CC2)NC(=O)[C@@H]2C[C@@H](Oc3cc(-c4ccc(OC(C)C)cc4)nc(-c4cncs4)c3)CN2C(=O)[C@H]1NC(=O)OC(C)(C)C(F)(F)F. The van der Waals surface area contributed by atoms with E-state index in [1.807, 2.05) is 38.1 Å². The summed E-state index contributed by atoms with van der Waals surface area (Å²) in [5.74, 6) is -2.25. The third-order valence-corrected chi connectivity index (χ3v) is 15.6. The summed E-state index contributed by atoms with van der Waals surface area (Å²) in [6.45, 7) is 9.86. The summed E-state index contributed by atoms with van der Waals surface area (Å²) in [5, 5.41) is 5.15. The van der Waals surface area contributed by atoms with E-state index in [1.165, 1.54) is 18.3 Å². The number of thiazole rings is 1. The van der Waals surface area contributed by atoms with Crippen LogP contribution in [-0.2, 0) is 33.9 Å². The maximum absolute atomic E-state index is 15.1. The number of fused-ring (bicyclic) bond motifs is 2. The van der Waals surface area contributed by atoms with Gasteiger partial charge in [-0.1, -0.05) is 19.1 Å². The fraction of sp³-hybridized carbons (Fsp3) is 0.565. The van der Waals surface area contributed by atoms with Crippen molar-refractivity contribution in [1.29, 1.82) is 0 Å². The zero-order valence-corrected chi connectivity index (χ0v) is 40.0. The fourth-order valence-corrected chi connectivity index (χ4v) is 10.0. The smallest absolute Gasteiger partial charge is 0.427 e. The number of hydrogen-bond acceptors (Lipinski definition) is 13. The summed E-state index contributed by atoms with van der Waals surface area (Å²) in [6, 6.07) is 7.66. The first-order valence-corrected chi connectivity index (χ1v) is 24.7. The van der Waals surface area contributed by atoms with Crippen molar-refractivity contribution in [3.63, 3.8) is 0 Å². The van der Waals surface area contributed by atoms with Crippen LogP contribution < -0.4 is 24.8 Å². The minimum absolute atomic E-state index is 0.0455. The van der Waals surface area contributed by atoms with Crippen LogP contribution in [-0.4, -0.2) is 112 Å². The van der Waals surface area contributed by atoms with Gasteiger partial charge < -0.3 is 34.5 Å². The number of halogens is 3. The van der Waals surface area contributed by atoms with E-state index in [0.717, 1.165) is 15.3 Å². The quantitative estimate of drug-likeness (QED) is 0.160. The van der Waals surface area contributed by atoms with Gasteiger partial charge in [0.1, 0.15) is 35.2 Å². The third kappa shape index (κ3) is 11.0. The van der Waals surface area contributed by atoms with Crippen molar-refractivity contribution in [2.75, 3.05) is 6.54 Å². The molecule has 0 radical (unpaired) electrons. The van der Waals surface area contributed by atoms with Crippen molar-refractivity contribution in [2.24, 2.45) is 5.92 Å². The largest absolute Gasteiger partial charge is 0.491 e. The number of benzene rings is 1. The monoisotopic (exact) mass is 974 g/mol. The number of hydrogen-bond donors (Lipinski definition) is 3. The Morgan fingerprint density at radius 1 is 1.09 bits per heavy atom. The molecule has 4 heterocycles. The van der Waals surface area contributed by atoms with Gasteiger partial charge in [-0.15, -0.1) is 11.3 Å². The van der Waals surface area contributed by atoms with Gasteiger partial charge in [-0.2, -0.15) is 13.2 Å². The highest BCUT2D eigenvalue weighted by Crippen LogP contribution is 2.48. The Labute approximate surface area is 391 Å². The average Bonchev–Trinajstić information content (AvgIpc) is 4.00. The van der Waals surface area contributed by atoms with Crippen LogP contribution in [0.4, 0.5) is 18.0 Å². The molecule has 1 saturated heterocycles. The molecule has 0 spiro atoms. The molecule has 16 nitrogen and oxygen atoms in total. The lowest BCUT2D eigenvalue weighted by molar-refractivity contribution is -0.244. The van der Waals surface area contributed by atoms with Crippen LogP contribution in [0.2, 0.25) is 0 Å². The van der Waals surface area contributed by atoms with Crippen LogP contribution in [0.5, 0.6) is 11.5 Å². The number of rotatable bonds is 12. The Hall–Kier alpha value is -5.28. The second kappa shape index (κ2) is 19.0. The number of nitrogens with one attached hydrogen (secondary N) is 3. The molecule has 3 fully saturated rings. The molecule has 1 aromatic carbocycles. The van der Waals surface area contributed by atoms with Crippen LogP contribution >= 0.6 is 11.3 Å². The molecule has 2 aliphatic carbocycles.